The number of nitrogens with two attached hydrogens (primary N) is 1. The summed E-state index contributed by atoms with van der Waals surface area (Å²) in [6.07, 6.45) is 4.70. The van der Waals surface area contributed by atoms with E-state index < -0.39 is 0 Å². The Hall–Kier alpha value is -1.42. The minimum atomic E-state index is 0.183. The first kappa shape index (κ1) is 12.0. The van der Waals surface area contributed by atoms with Gasteiger partial charge in [0.05, 0.1) is 0 Å². The number of aryl methyl sites for hydroxylation is 1. The molecule has 0 saturated carbocycles. The number of aromatic nitrogens is 3. The van der Waals surface area contributed by atoms with Crippen LogP contribution in [0.4, 0.5) is 0 Å². The van der Waals surface area contributed by atoms with Gasteiger partial charge in [0.15, 0.2) is 5.65 Å². The lowest BCUT2D eigenvalue weighted by Gasteiger charge is -2.10. The van der Waals surface area contributed by atoms with Crippen LogP contribution in [0.25, 0.3) is 11.2 Å². The molecule has 1 unspecified atom stereocenters. The van der Waals surface area contributed by atoms with E-state index in [9.17, 15) is 0 Å². The van der Waals surface area contributed by atoms with Gasteiger partial charge in [-0.3, -0.25) is 0 Å². The Bertz CT molecular complexity index is 489. The quantitative estimate of drug-likeness (QED) is 0.859. The molecule has 4 nitrogen and oxygen atoms in total. The number of imidazole rings is 1. The summed E-state index contributed by atoms with van der Waals surface area (Å²) >= 11 is 0. The van der Waals surface area contributed by atoms with Crippen LogP contribution in [0.5, 0.6) is 0 Å². The van der Waals surface area contributed by atoms with Gasteiger partial charge in [0, 0.05) is 25.2 Å². The van der Waals surface area contributed by atoms with Gasteiger partial charge in [-0.1, -0.05) is 13.8 Å². The number of nitrogens with zero attached hydrogens (tertiary/aromatic N) is 3. The summed E-state index contributed by atoms with van der Waals surface area (Å²) in [5, 5.41) is 0. The van der Waals surface area contributed by atoms with Crippen molar-refractivity contribution in [2.24, 2.45) is 5.73 Å². The normalized spacial score (nSPS) is 13.1. The maximum Gasteiger partial charge on any atom is 0.159 e. The molecule has 0 radical (unpaired) electrons. The fourth-order valence-electron chi connectivity index (χ4n) is 2.00. The summed E-state index contributed by atoms with van der Waals surface area (Å²) < 4.78 is 2.20. The number of hydrogen-bond donors (Lipinski definition) is 1. The molecule has 0 aliphatic heterocycles. The summed E-state index contributed by atoms with van der Waals surface area (Å²) in [7, 11) is 0. The predicted molar refractivity (Wildman–Crippen MR) is 69.8 cm³/mol. The summed E-state index contributed by atoms with van der Waals surface area (Å²) in [5.41, 5.74) is 7.97. The Labute approximate surface area is 102 Å². The molecular formula is C13H20N4. The molecule has 0 spiro atoms. The molecule has 92 valence electrons. The Morgan fingerprint density at radius 2 is 2.24 bits per heavy atom. The van der Waals surface area contributed by atoms with E-state index in [1.54, 1.807) is 0 Å². The Morgan fingerprint density at radius 1 is 1.41 bits per heavy atom. The van der Waals surface area contributed by atoms with Gasteiger partial charge in [-0.05, 0) is 25.0 Å². The minimum absolute atomic E-state index is 0.183. The third-order valence-electron chi connectivity index (χ3n) is 3.00. The standard InChI is InChI=1S/C13H20N4/c1-3-8-17-12(9-10(14)4-2)16-11-6-5-7-15-13(11)17/h5-7,10H,3-4,8-9,14H2,1-2H3. The molecule has 2 aromatic heterocycles. The molecule has 17 heavy (non-hydrogen) atoms. The largest absolute Gasteiger partial charge is 0.327 e. The molecule has 2 rings (SSSR count). The van der Waals surface area contributed by atoms with E-state index in [-0.39, 0.29) is 6.04 Å². The van der Waals surface area contributed by atoms with Gasteiger partial charge in [0.1, 0.15) is 11.3 Å². The Morgan fingerprint density at radius 3 is 2.94 bits per heavy atom. The molecular weight excluding hydrogens is 212 g/mol. The van der Waals surface area contributed by atoms with Crippen LogP contribution in [0.1, 0.15) is 32.5 Å². The van der Waals surface area contributed by atoms with Crippen molar-refractivity contribution in [2.45, 2.75) is 45.7 Å². The lowest BCUT2D eigenvalue weighted by atomic mass is 10.1. The summed E-state index contributed by atoms with van der Waals surface area (Å²) in [6, 6.07) is 4.12. The molecule has 1 atom stereocenters. The van der Waals surface area contributed by atoms with Crippen molar-refractivity contribution in [3.63, 3.8) is 0 Å². The lowest BCUT2D eigenvalue weighted by molar-refractivity contribution is 0.580. The van der Waals surface area contributed by atoms with Gasteiger partial charge >= 0.3 is 0 Å². The van der Waals surface area contributed by atoms with E-state index in [4.69, 9.17) is 5.73 Å². The van der Waals surface area contributed by atoms with E-state index >= 15 is 0 Å². The van der Waals surface area contributed by atoms with E-state index in [1.807, 2.05) is 18.3 Å². The number of hydrogen-bond acceptors (Lipinski definition) is 3. The average Bonchev–Trinajstić information content (AvgIpc) is 2.68. The van der Waals surface area contributed by atoms with Crippen molar-refractivity contribution in [1.29, 1.82) is 0 Å². The summed E-state index contributed by atoms with van der Waals surface area (Å²) in [5.74, 6) is 1.06. The van der Waals surface area contributed by atoms with Gasteiger partial charge in [-0.2, -0.15) is 0 Å². The smallest absolute Gasteiger partial charge is 0.159 e. The van der Waals surface area contributed by atoms with Crippen molar-refractivity contribution >= 4 is 11.2 Å². The molecule has 0 aliphatic carbocycles. The molecule has 0 bridgehead atoms. The molecule has 2 N–H and O–H groups in total. The monoisotopic (exact) mass is 232 g/mol. The van der Waals surface area contributed by atoms with Gasteiger partial charge in [-0.25, -0.2) is 9.97 Å². The maximum atomic E-state index is 6.02. The van der Waals surface area contributed by atoms with Crippen LogP contribution in [0, 0.1) is 0 Å². The van der Waals surface area contributed by atoms with Crippen molar-refractivity contribution in [1.82, 2.24) is 14.5 Å². The zero-order valence-electron chi connectivity index (χ0n) is 10.6. The van der Waals surface area contributed by atoms with E-state index in [0.717, 1.165) is 42.8 Å². The first-order valence-electron chi connectivity index (χ1n) is 6.32. The van der Waals surface area contributed by atoms with Crippen molar-refractivity contribution in [2.75, 3.05) is 0 Å². The maximum absolute atomic E-state index is 6.02. The van der Waals surface area contributed by atoms with Crippen molar-refractivity contribution in [3.8, 4) is 0 Å². The number of rotatable bonds is 5. The van der Waals surface area contributed by atoms with Crippen LogP contribution in [0.15, 0.2) is 18.3 Å². The second-order valence-electron chi connectivity index (χ2n) is 4.40. The first-order chi connectivity index (χ1) is 8.26. The average molecular weight is 232 g/mol. The number of pyridine rings is 1. The molecule has 2 heterocycles. The molecule has 0 saturated heterocycles. The highest BCUT2D eigenvalue weighted by atomic mass is 15.1. The van der Waals surface area contributed by atoms with E-state index in [2.05, 4.69) is 28.4 Å². The first-order valence-corrected chi connectivity index (χ1v) is 6.32. The van der Waals surface area contributed by atoms with Crippen molar-refractivity contribution < 1.29 is 0 Å². The van der Waals surface area contributed by atoms with Crippen LogP contribution < -0.4 is 5.73 Å². The number of fused-ring (bicyclic) bond motifs is 1. The van der Waals surface area contributed by atoms with Crippen LogP contribution in [0.2, 0.25) is 0 Å². The van der Waals surface area contributed by atoms with Crippen LogP contribution in [0.3, 0.4) is 0 Å². The van der Waals surface area contributed by atoms with Gasteiger partial charge in [0.25, 0.3) is 0 Å². The topological polar surface area (TPSA) is 56.7 Å². The highest BCUT2D eigenvalue weighted by molar-refractivity contribution is 5.71. The molecule has 0 amide bonds. The third kappa shape index (κ3) is 2.47. The van der Waals surface area contributed by atoms with Crippen LogP contribution in [-0.2, 0) is 13.0 Å². The minimum Gasteiger partial charge on any atom is -0.327 e. The lowest BCUT2D eigenvalue weighted by Crippen LogP contribution is -2.23. The summed E-state index contributed by atoms with van der Waals surface area (Å²) in [6.45, 7) is 5.23. The third-order valence-corrected chi connectivity index (χ3v) is 3.00. The Kier molecular flexibility index (Phi) is 3.74. The zero-order valence-corrected chi connectivity index (χ0v) is 10.6. The second-order valence-corrected chi connectivity index (χ2v) is 4.40. The molecule has 0 fully saturated rings. The highest BCUT2D eigenvalue weighted by Gasteiger charge is 2.12. The fraction of sp³-hybridized carbons (Fsp3) is 0.538. The fourth-order valence-corrected chi connectivity index (χ4v) is 2.00. The van der Waals surface area contributed by atoms with Gasteiger partial charge < -0.3 is 10.3 Å². The van der Waals surface area contributed by atoms with E-state index in [0.29, 0.717) is 0 Å². The molecule has 0 aromatic carbocycles. The van der Waals surface area contributed by atoms with Crippen LogP contribution in [-0.4, -0.2) is 20.6 Å². The Balaban J connectivity index is 2.42. The molecule has 0 aliphatic rings. The highest BCUT2D eigenvalue weighted by Crippen LogP contribution is 2.15. The van der Waals surface area contributed by atoms with Gasteiger partial charge in [0.2, 0.25) is 0 Å². The van der Waals surface area contributed by atoms with E-state index in [1.165, 1.54) is 0 Å². The molecule has 4 heteroatoms. The molecule has 2 aromatic rings. The second kappa shape index (κ2) is 5.27. The zero-order chi connectivity index (χ0) is 12.3. The van der Waals surface area contributed by atoms with Crippen LogP contribution >= 0.6 is 0 Å². The van der Waals surface area contributed by atoms with Gasteiger partial charge in [-0.15, -0.1) is 0 Å². The summed E-state index contributed by atoms with van der Waals surface area (Å²) in [4.78, 5) is 9.05. The SMILES string of the molecule is CCCn1c(CC(N)CC)nc2cccnc21. The predicted octanol–water partition coefficient (Wildman–Crippen LogP) is 2.12. The van der Waals surface area contributed by atoms with Crippen molar-refractivity contribution in [3.05, 3.63) is 24.2 Å².